The first-order valence-electron chi connectivity index (χ1n) is 9.39. The van der Waals surface area contributed by atoms with E-state index in [1.807, 2.05) is 36.4 Å². The predicted octanol–water partition coefficient (Wildman–Crippen LogP) is 3.41. The number of amides is 1. The molecule has 0 saturated carbocycles. The second-order valence-electron chi connectivity index (χ2n) is 6.45. The normalized spacial score (nSPS) is 10.8. The molecular weight excluding hydrogens is 368 g/mol. The molecule has 0 fully saturated rings. The molecule has 0 spiro atoms. The minimum atomic E-state index is -0.0872. The number of nitrogens with one attached hydrogen (secondary N) is 1. The number of hydrogen-bond donors (Lipinski definition) is 1. The predicted molar refractivity (Wildman–Crippen MR) is 108 cm³/mol. The van der Waals surface area contributed by atoms with Crippen LogP contribution < -0.4 is 10.1 Å². The van der Waals surface area contributed by atoms with Gasteiger partial charge in [-0.2, -0.15) is 4.98 Å². The molecular formula is C22H20N4O3. The number of ether oxygens (including phenoxy) is 1. The zero-order valence-electron chi connectivity index (χ0n) is 15.7. The molecule has 7 heteroatoms. The van der Waals surface area contributed by atoms with E-state index < -0.39 is 0 Å². The van der Waals surface area contributed by atoms with Gasteiger partial charge in [-0.05, 0) is 35.0 Å². The van der Waals surface area contributed by atoms with Crippen molar-refractivity contribution in [3.8, 4) is 17.1 Å². The van der Waals surface area contributed by atoms with Gasteiger partial charge in [-0.1, -0.05) is 35.5 Å². The van der Waals surface area contributed by atoms with Gasteiger partial charge in [0, 0.05) is 30.8 Å². The smallest absolute Gasteiger partial charge is 0.227 e. The summed E-state index contributed by atoms with van der Waals surface area (Å²) in [4.78, 5) is 20.3. The number of fused-ring (bicyclic) bond motifs is 1. The molecule has 2 aromatic carbocycles. The Morgan fingerprint density at radius 1 is 1.03 bits per heavy atom. The van der Waals surface area contributed by atoms with E-state index in [4.69, 9.17) is 9.26 Å². The van der Waals surface area contributed by atoms with Crippen molar-refractivity contribution in [2.24, 2.45) is 0 Å². The molecule has 146 valence electrons. The van der Waals surface area contributed by atoms with Crippen LogP contribution in [0.3, 0.4) is 0 Å². The maximum atomic E-state index is 12.0. The Bertz CT molecular complexity index is 1100. The van der Waals surface area contributed by atoms with Gasteiger partial charge in [0.15, 0.2) is 0 Å². The Morgan fingerprint density at radius 3 is 2.72 bits per heavy atom. The fraction of sp³-hybridized carbons (Fsp3) is 0.182. The van der Waals surface area contributed by atoms with Crippen LogP contribution in [0.5, 0.6) is 5.75 Å². The average molecular weight is 388 g/mol. The van der Waals surface area contributed by atoms with Crippen LogP contribution in [0.1, 0.15) is 12.3 Å². The molecule has 29 heavy (non-hydrogen) atoms. The summed E-state index contributed by atoms with van der Waals surface area (Å²) >= 11 is 0. The highest BCUT2D eigenvalue weighted by Crippen LogP contribution is 2.20. The van der Waals surface area contributed by atoms with Gasteiger partial charge in [0.1, 0.15) is 12.4 Å². The molecule has 0 saturated heterocycles. The van der Waals surface area contributed by atoms with Crippen LogP contribution in [0.15, 0.2) is 71.5 Å². The lowest BCUT2D eigenvalue weighted by atomic mass is 10.1. The minimum absolute atomic E-state index is 0.0872. The van der Waals surface area contributed by atoms with E-state index in [0.717, 1.165) is 16.7 Å². The number of benzene rings is 2. The number of aromatic nitrogens is 3. The standard InChI is InChI=1S/C22H20N4O3/c27-20(7-8-21-25-22(26-29-21)17-9-11-23-12-10-17)24-13-14-28-19-6-5-16-3-1-2-4-18(16)15-19/h1-6,9-12,15H,7-8,13-14H2,(H,24,27). The van der Waals surface area contributed by atoms with Gasteiger partial charge in [0.2, 0.25) is 17.6 Å². The summed E-state index contributed by atoms with van der Waals surface area (Å²) in [5.41, 5.74) is 0.824. The third kappa shape index (κ3) is 4.95. The lowest BCUT2D eigenvalue weighted by Gasteiger charge is -2.08. The number of hydrogen-bond acceptors (Lipinski definition) is 6. The van der Waals surface area contributed by atoms with Crippen LogP contribution in [0.4, 0.5) is 0 Å². The second kappa shape index (κ2) is 8.97. The topological polar surface area (TPSA) is 90.1 Å². The quantitative estimate of drug-likeness (QED) is 0.465. The van der Waals surface area contributed by atoms with Gasteiger partial charge >= 0.3 is 0 Å². The summed E-state index contributed by atoms with van der Waals surface area (Å²) in [5.74, 6) is 1.62. The zero-order valence-corrected chi connectivity index (χ0v) is 15.7. The van der Waals surface area contributed by atoms with Crippen LogP contribution in [0.2, 0.25) is 0 Å². The van der Waals surface area contributed by atoms with Crippen LogP contribution in [0.25, 0.3) is 22.2 Å². The van der Waals surface area contributed by atoms with Gasteiger partial charge < -0.3 is 14.6 Å². The van der Waals surface area contributed by atoms with Crippen molar-refractivity contribution in [2.45, 2.75) is 12.8 Å². The Kier molecular flexibility index (Phi) is 5.76. The lowest BCUT2D eigenvalue weighted by molar-refractivity contribution is -0.121. The summed E-state index contributed by atoms with van der Waals surface area (Å²) in [5, 5.41) is 9.06. The molecule has 7 nitrogen and oxygen atoms in total. The van der Waals surface area contributed by atoms with E-state index in [1.165, 1.54) is 5.39 Å². The Morgan fingerprint density at radius 2 is 1.86 bits per heavy atom. The van der Waals surface area contributed by atoms with Crippen molar-refractivity contribution >= 4 is 16.7 Å². The van der Waals surface area contributed by atoms with E-state index in [-0.39, 0.29) is 12.3 Å². The average Bonchev–Trinajstić information content (AvgIpc) is 3.25. The highest BCUT2D eigenvalue weighted by Gasteiger charge is 2.10. The molecule has 1 N–H and O–H groups in total. The molecule has 0 bridgehead atoms. The van der Waals surface area contributed by atoms with Gasteiger partial charge in [-0.25, -0.2) is 0 Å². The van der Waals surface area contributed by atoms with E-state index in [0.29, 0.717) is 31.3 Å². The Hall–Kier alpha value is -3.74. The SMILES string of the molecule is O=C(CCc1nc(-c2ccncc2)no1)NCCOc1ccc2ccccc2c1. The van der Waals surface area contributed by atoms with Crippen molar-refractivity contribution < 1.29 is 14.1 Å². The first-order chi connectivity index (χ1) is 14.3. The molecule has 4 aromatic rings. The van der Waals surface area contributed by atoms with Crippen molar-refractivity contribution in [1.82, 2.24) is 20.4 Å². The second-order valence-corrected chi connectivity index (χ2v) is 6.45. The molecule has 0 aliphatic rings. The van der Waals surface area contributed by atoms with Crippen molar-refractivity contribution in [3.05, 3.63) is 72.9 Å². The van der Waals surface area contributed by atoms with Gasteiger partial charge in [-0.3, -0.25) is 9.78 Å². The number of pyridine rings is 1. The first-order valence-corrected chi connectivity index (χ1v) is 9.39. The van der Waals surface area contributed by atoms with E-state index >= 15 is 0 Å². The van der Waals surface area contributed by atoms with Crippen LogP contribution in [-0.4, -0.2) is 34.2 Å². The molecule has 0 aliphatic carbocycles. The van der Waals surface area contributed by atoms with Crippen LogP contribution >= 0.6 is 0 Å². The third-order valence-electron chi connectivity index (χ3n) is 4.39. The molecule has 1 amide bonds. The summed E-state index contributed by atoms with van der Waals surface area (Å²) < 4.78 is 10.9. The summed E-state index contributed by atoms with van der Waals surface area (Å²) in [6, 6.07) is 17.7. The lowest BCUT2D eigenvalue weighted by Crippen LogP contribution is -2.28. The van der Waals surface area contributed by atoms with Crippen LogP contribution in [-0.2, 0) is 11.2 Å². The highest BCUT2D eigenvalue weighted by molar-refractivity contribution is 5.83. The number of aryl methyl sites for hydroxylation is 1. The number of carbonyl (C=O) groups is 1. The minimum Gasteiger partial charge on any atom is -0.492 e. The molecule has 4 rings (SSSR count). The largest absolute Gasteiger partial charge is 0.492 e. The van der Waals surface area contributed by atoms with E-state index in [9.17, 15) is 4.79 Å². The molecule has 0 aliphatic heterocycles. The maximum absolute atomic E-state index is 12.0. The highest BCUT2D eigenvalue weighted by atomic mass is 16.5. The van der Waals surface area contributed by atoms with Crippen molar-refractivity contribution in [2.75, 3.05) is 13.2 Å². The molecule has 0 unspecified atom stereocenters. The van der Waals surface area contributed by atoms with E-state index in [1.54, 1.807) is 24.5 Å². The van der Waals surface area contributed by atoms with Crippen molar-refractivity contribution in [1.29, 1.82) is 0 Å². The fourth-order valence-electron chi connectivity index (χ4n) is 2.90. The molecule has 2 aromatic heterocycles. The number of rotatable bonds is 8. The third-order valence-corrected chi connectivity index (χ3v) is 4.39. The van der Waals surface area contributed by atoms with Crippen molar-refractivity contribution in [3.63, 3.8) is 0 Å². The Labute approximate surface area is 167 Å². The zero-order chi connectivity index (χ0) is 19.9. The molecule has 0 atom stereocenters. The summed E-state index contributed by atoms with van der Waals surface area (Å²) in [7, 11) is 0. The van der Waals surface area contributed by atoms with Gasteiger partial charge in [0.25, 0.3) is 0 Å². The monoisotopic (exact) mass is 388 g/mol. The van der Waals surface area contributed by atoms with Gasteiger partial charge in [0.05, 0.1) is 6.54 Å². The Balaban J connectivity index is 1.19. The maximum Gasteiger partial charge on any atom is 0.227 e. The fourth-order valence-corrected chi connectivity index (χ4v) is 2.90. The van der Waals surface area contributed by atoms with Gasteiger partial charge in [-0.15, -0.1) is 0 Å². The molecule has 0 radical (unpaired) electrons. The molecule has 2 heterocycles. The summed E-state index contributed by atoms with van der Waals surface area (Å²) in [6.45, 7) is 0.828. The summed E-state index contributed by atoms with van der Waals surface area (Å²) in [6.07, 6.45) is 3.99. The van der Waals surface area contributed by atoms with E-state index in [2.05, 4.69) is 26.5 Å². The van der Waals surface area contributed by atoms with Crippen LogP contribution in [0, 0.1) is 0 Å². The first kappa shape index (κ1) is 18.6. The number of nitrogens with zero attached hydrogens (tertiary/aromatic N) is 3. The number of carbonyl (C=O) groups excluding carboxylic acids is 1.